The van der Waals surface area contributed by atoms with Crippen LogP contribution < -0.4 is 4.90 Å². The van der Waals surface area contributed by atoms with E-state index in [0.717, 1.165) is 66.3 Å². The first-order valence-electron chi connectivity index (χ1n) is 12.2. The van der Waals surface area contributed by atoms with Crippen molar-refractivity contribution in [3.8, 4) is 0 Å². The van der Waals surface area contributed by atoms with Gasteiger partial charge in [0, 0.05) is 38.8 Å². The molecule has 5 heteroatoms. The van der Waals surface area contributed by atoms with Crippen LogP contribution in [0.4, 0.5) is 17.2 Å². The highest BCUT2D eigenvalue weighted by molar-refractivity contribution is 6.08. The molecule has 4 aromatic carbocycles. The van der Waals surface area contributed by atoms with Gasteiger partial charge in [-0.1, -0.05) is 54.6 Å². The molecule has 0 amide bonds. The number of hydrogen-bond acceptors (Lipinski definition) is 5. The van der Waals surface area contributed by atoms with E-state index in [1.165, 1.54) is 0 Å². The molecule has 0 unspecified atom stereocenters. The summed E-state index contributed by atoms with van der Waals surface area (Å²) in [5.74, 6) is 0.775. The van der Waals surface area contributed by atoms with Crippen molar-refractivity contribution in [3.05, 3.63) is 116 Å². The maximum Gasteiger partial charge on any atom is 0.229 e. The van der Waals surface area contributed by atoms with Crippen LogP contribution in [0.15, 0.2) is 124 Å². The Hall–Kier alpha value is -5.16. The molecule has 0 fully saturated rings. The van der Waals surface area contributed by atoms with Crippen LogP contribution in [0.1, 0.15) is 0 Å². The number of para-hydroxylation sites is 1. The lowest BCUT2D eigenvalue weighted by atomic mass is 10.1. The molecule has 0 aliphatic carbocycles. The van der Waals surface area contributed by atoms with Crippen LogP contribution in [0.2, 0.25) is 0 Å². The number of rotatable bonds is 3. The Bertz CT molecular complexity index is 2120. The first-order valence-corrected chi connectivity index (χ1v) is 12.2. The third-order valence-electron chi connectivity index (χ3n) is 6.98. The average molecular weight is 478 g/mol. The molecule has 0 bridgehead atoms. The standard InChI is InChI=1S/C32H19N3O2/c1-2-8-22-20(6-1)7-5-10-27(22)35(21-12-14-29-26(18-21)24-16-17-33-19-30(24)36-29)31-15-13-25-23-9-3-4-11-28(23)37-32(25)34-31/h1-19H. The summed E-state index contributed by atoms with van der Waals surface area (Å²) in [6.45, 7) is 0. The van der Waals surface area contributed by atoms with Crippen molar-refractivity contribution in [1.82, 2.24) is 9.97 Å². The molecule has 0 saturated heterocycles. The van der Waals surface area contributed by atoms with E-state index in [1.54, 1.807) is 12.4 Å². The zero-order chi connectivity index (χ0) is 24.3. The second kappa shape index (κ2) is 7.67. The smallest absolute Gasteiger partial charge is 0.229 e. The van der Waals surface area contributed by atoms with Crippen molar-refractivity contribution < 1.29 is 8.83 Å². The van der Waals surface area contributed by atoms with Gasteiger partial charge in [0.25, 0.3) is 0 Å². The van der Waals surface area contributed by atoms with Crippen molar-refractivity contribution >= 4 is 72.0 Å². The third kappa shape index (κ3) is 3.04. The summed E-state index contributed by atoms with van der Waals surface area (Å²) in [5, 5.41) is 6.43. The number of anilines is 3. The van der Waals surface area contributed by atoms with Crippen LogP contribution in [-0.2, 0) is 0 Å². The summed E-state index contributed by atoms with van der Waals surface area (Å²) in [4.78, 5) is 11.4. The van der Waals surface area contributed by atoms with E-state index >= 15 is 0 Å². The lowest BCUT2D eigenvalue weighted by Crippen LogP contribution is -2.12. The summed E-state index contributed by atoms with van der Waals surface area (Å²) in [6, 6.07) is 35.2. The van der Waals surface area contributed by atoms with Crippen molar-refractivity contribution in [1.29, 1.82) is 0 Å². The van der Waals surface area contributed by atoms with Crippen molar-refractivity contribution in [2.45, 2.75) is 0 Å². The van der Waals surface area contributed by atoms with Gasteiger partial charge in [-0.3, -0.25) is 9.88 Å². The Morgan fingerprint density at radius 1 is 0.568 bits per heavy atom. The van der Waals surface area contributed by atoms with Crippen LogP contribution in [0.5, 0.6) is 0 Å². The molecule has 4 aromatic heterocycles. The van der Waals surface area contributed by atoms with E-state index in [-0.39, 0.29) is 0 Å². The van der Waals surface area contributed by atoms with Crippen LogP contribution in [0.3, 0.4) is 0 Å². The second-order valence-corrected chi connectivity index (χ2v) is 9.11. The fraction of sp³-hybridized carbons (Fsp3) is 0. The van der Waals surface area contributed by atoms with Gasteiger partial charge < -0.3 is 8.83 Å². The van der Waals surface area contributed by atoms with Crippen LogP contribution in [0, 0.1) is 0 Å². The summed E-state index contributed by atoms with van der Waals surface area (Å²) >= 11 is 0. The number of hydrogen-bond donors (Lipinski definition) is 0. The monoisotopic (exact) mass is 477 g/mol. The zero-order valence-corrected chi connectivity index (χ0v) is 19.6. The predicted octanol–water partition coefficient (Wildman–Crippen LogP) is 8.90. The molecule has 5 nitrogen and oxygen atoms in total. The summed E-state index contributed by atoms with van der Waals surface area (Å²) in [5.41, 5.74) is 5.06. The zero-order valence-electron chi connectivity index (χ0n) is 19.6. The van der Waals surface area contributed by atoms with E-state index in [1.807, 2.05) is 30.3 Å². The first kappa shape index (κ1) is 20.1. The third-order valence-corrected chi connectivity index (χ3v) is 6.98. The van der Waals surface area contributed by atoms with E-state index < -0.39 is 0 Å². The van der Waals surface area contributed by atoms with E-state index in [0.29, 0.717) is 5.71 Å². The van der Waals surface area contributed by atoms with Crippen LogP contribution >= 0.6 is 0 Å². The molecule has 8 rings (SSSR count). The Labute approximate surface area is 211 Å². The highest BCUT2D eigenvalue weighted by atomic mass is 16.3. The lowest BCUT2D eigenvalue weighted by molar-refractivity contribution is 0.654. The molecule has 0 saturated carbocycles. The van der Waals surface area contributed by atoms with Gasteiger partial charge in [0.15, 0.2) is 5.58 Å². The van der Waals surface area contributed by atoms with Gasteiger partial charge in [-0.2, -0.15) is 4.98 Å². The number of fused-ring (bicyclic) bond motifs is 7. The fourth-order valence-corrected chi connectivity index (χ4v) is 5.28. The van der Waals surface area contributed by atoms with Gasteiger partial charge in [0.05, 0.1) is 11.9 Å². The van der Waals surface area contributed by atoms with E-state index in [2.05, 4.69) is 82.7 Å². The molecule has 0 radical (unpaired) electrons. The molecular formula is C32H19N3O2. The Kier molecular flexibility index (Phi) is 4.16. The van der Waals surface area contributed by atoms with Gasteiger partial charge >= 0.3 is 0 Å². The molecule has 0 aliphatic heterocycles. The topological polar surface area (TPSA) is 55.3 Å². The molecule has 37 heavy (non-hydrogen) atoms. The lowest BCUT2D eigenvalue weighted by Gasteiger charge is -2.25. The Morgan fingerprint density at radius 2 is 1.38 bits per heavy atom. The highest BCUT2D eigenvalue weighted by Gasteiger charge is 2.20. The fourth-order valence-electron chi connectivity index (χ4n) is 5.28. The quantitative estimate of drug-likeness (QED) is 0.254. The minimum absolute atomic E-state index is 0.616. The number of pyridine rings is 2. The Morgan fingerprint density at radius 3 is 2.35 bits per heavy atom. The molecule has 0 spiro atoms. The van der Waals surface area contributed by atoms with E-state index in [4.69, 9.17) is 13.8 Å². The van der Waals surface area contributed by atoms with Gasteiger partial charge in [-0.15, -0.1) is 0 Å². The van der Waals surface area contributed by atoms with Gasteiger partial charge in [-0.25, -0.2) is 0 Å². The van der Waals surface area contributed by atoms with Crippen molar-refractivity contribution in [2.24, 2.45) is 0 Å². The van der Waals surface area contributed by atoms with Gasteiger partial charge in [0.1, 0.15) is 17.0 Å². The van der Waals surface area contributed by atoms with Crippen molar-refractivity contribution in [3.63, 3.8) is 0 Å². The molecule has 174 valence electrons. The maximum atomic E-state index is 6.16. The van der Waals surface area contributed by atoms with Gasteiger partial charge in [0.2, 0.25) is 5.71 Å². The predicted molar refractivity (Wildman–Crippen MR) is 149 cm³/mol. The number of furan rings is 2. The number of nitrogens with zero attached hydrogens (tertiary/aromatic N) is 3. The molecular weight excluding hydrogens is 458 g/mol. The first-order chi connectivity index (χ1) is 18.3. The van der Waals surface area contributed by atoms with Crippen molar-refractivity contribution in [2.75, 3.05) is 4.90 Å². The van der Waals surface area contributed by atoms with E-state index in [9.17, 15) is 0 Å². The Balaban J connectivity index is 1.42. The minimum atomic E-state index is 0.616. The molecule has 0 atom stereocenters. The molecule has 0 N–H and O–H groups in total. The minimum Gasteiger partial charge on any atom is -0.454 e. The number of aromatic nitrogens is 2. The van der Waals surface area contributed by atoms with Crippen LogP contribution in [0.25, 0.3) is 54.8 Å². The van der Waals surface area contributed by atoms with Gasteiger partial charge in [-0.05, 0) is 53.9 Å². The summed E-state index contributed by atoms with van der Waals surface area (Å²) < 4.78 is 12.2. The SMILES string of the molecule is c1ccc2c(N(c3ccc4oc5cnccc5c4c3)c3ccc4c(n3)oc3ccccc34)cccc2c1. The second-order valence-electron chi connectivity index (χ2n) is 9.11. The highest BCUT2D eigenvalue weighted by Crippen LogP contribution is 2.41. The van der Waals surface area contributed by atoms with Crippen LogP contribution in [-0.4, -0.2) is 9.97 Å². The average Bonchev–Trinajstić information content (AvgIpc) is 3.51. The largest absolute Gasteiger partial charge is 0.454 e. The molecule has 8 aromatic rings. The summed E-state index contributed by atoms with van der Waals surface area (Å²) in [6.07, 6.45) is 3.55. The molecule has 4 heterocycles. The summed E-state index contributed by atoms with van der Waals surface area (Å²) in [7, 11) is 0. The maximum absolute atomic E-state index is 6.16. The normalized spacial score (nSPS) is 11.8. The molecule has 0 aliphatic rings. The number of benzene rings is 4.